The standard InChI is InChI=1S/C17H17N3O2/c1-11-6-8-12(9-7-11)19-16(21)15-10-18-13-4-2-3-5-14(13)20(15)17(19)22/h6-10,15H,2-5H2,1H3/p+1. The lowest BCUT2D eigenvalue weighted by molar-refractivity contribution is -0.404. The molecule has 4 rings (SSSR count). The molecular formula is C17H18N3O2+. The van der Waals surface area contributed by atoms with Crippen LogP contribution in [0.25, 0.3) is 0 Å². The van der Waals surface area contributed by atoms with Gasteiger partial charge in [-0.1, -0.05) is 17.7 Å². The van der Waals surface area contributed by atoms with E-state index < -0.39 is 6.04 Å². The third kappa shape index (κ3) is 1.81. The summed E-state index contributed by atoms with van der Waals surface area (Å²) in [6, 6.07) is 6.73. The lowest BCUT2D eigenvalue weighted by Crippen LogP contribution is -2.74. The average Bonchev–Trinajstić information content (AvgIpc) is 2.80. The summed E-state index contributed by atoms with van der Waals surface area (Å²) in [7, 11) is 0. The van der Waals surface area contributed by atoms with Crippen molar-refractivity contribution in [1.29, 1.82) is 0 Å². The number of nitrogens with zero attached hydrogens (tertiary/aromatic N) is 2. The molecule has 1 fully saturated rings. The second-order valence-electron chi connectivity index (χ2n) is 6.05. The average molecular weight is 296 g/mol. The number of aryl methyl sites for hydroxylation is 1. The summed E-state index contributed by atoms with van der Waals surface area (Å²) < 4.78 is 0. The van der Waals surface area contributed by atoms with E-state index in [1.54, 1.807) is 11.1 Å². The number of hydrogen-bond acceptors (Lipinski definition) is 2. The van der Waals surface area contributed by atoms with Gasteiger partial charge in [-0.2, -0.15) is 0 Å². The molecule has 0 radical (unpaired) electrons. The molecule has 5 heteroatoms. The minimum absolute atomic E-state index is 0.182. The molecule has 0 aromatic heterocycles. The summed E-state index contributed by atoms with van der Waals surface area (Å²) in [6.07, 6.45) is 5.74. The van der Waals surface area contributed by atoms with Gasteiger partial charge in [0.25, 0.3) is 5.91 Å². The van der Waals surface area contributed by atoms with E-state index in [1.807, 2.05) is 31.2 Å². The number of carbonyl (C=O) groups excluding carboxylic acids is 2. The molecule has 1 atom stereocenters. The van der Waals surface area contributed by atoms with Crippen molar-refractivity contribution < 1.29 is 14.6 Å². The molecule has 0 saturated carbocycles. The Morgan fingerprint density at radius 1 is 1.09 bits per heavy atom. The molecule has 3 amide bonds. The number of nitrogens with one attached hydrogen (secondary N) is 1. The van der Waals surface area contributed by atoms with Crippen molar-refractivity contribution >= 4 is 23.8 Å². The molecule has 1 aromatic carbocycles. The number of anilines is 1. The monoisotopic (exact) mass is 296 g/mol. The van der Waals surface area contributed by atoms with Crippen molar-refractivity contribution in [3.05, 3.63) is 41.2 Å². The molecule has 2 aliphatic heterocycles. The molecular weight excluding hydrogens is 278 g/mol. The molecule has 1 unspecified atom stereocenters. The van der Waals surface area contributed by atoms with Crippen molar-refractivity contribution in [2.24, 2.45) is 0 Å². The Kier molecular flexibility index (Phi) is 2.89. The highest BCUT2D eigenvalue weighted by atomic mass is 16.2. The van der Waals surface area contributed by atoms with Crippen LogP contribution in [0.3, 0.4) is 0 Å². The van der Waals surface area contributed by atoms with Gasteiger partial charge in [0, 0.05) is 6.42 Å². The molecule has 3 aliphatic rings. The second kappa shape index (κ2) is 4.80. The fraction of sp³-hybridized carbons (Fsp3) is 0.353. The first-order valence-corrected chi connectivity index (χ1v) is 7.72. The van der Waals surface area contributed by atoms with Crippen molar-refractivity contribution in [2.75, 3.05) is 4.90 Å². The van der Waals surface area contributed by atoms with Gasteiger partial charge in [-0.3, -0.25) is 9.69 Å². The highest BCUT2D eigenvalue weighted by Gasteiger charge is 2.51. The molecule has 0 bridgehead atoms. The van der Waals surface area contributed by atoms with Gasteiger partial charge < -0.3 is 0 Å². The van der Waals surface area contributed by atoms with Crippen molar-refractivity contribution in [1.82, 2.24) is 4.90 Å². The van der Waals surface area contributed by atoms with E-state index in [9.17, 15) is 9.59 Å². The van der Waals surface area contributed by atoms with Crippen molar-refractivity contribution in [2.45, 2.75) is 38.6 Å². The van der Waals surface area contributed by atoms with Crippen LogP contribution in [0.15, 0.2) is 35.7 Å². The summed E-state index contributed by atoms with van der Waals surface area (Å²) >= 11 is 0. The summed E-state index contributed by atoms with van der Waals surface area (Å²) in [6.45, 7) is 1.98. The Bertz CT molecular complexity index is 718. The smallest absolute Gasteiger partial charge is 0.271 e. The minimum Gasteiger partial charge on any atom is -0.271 e. The van der Waals surface area contributed by atoms with E-state index >= 15 is 0 Å². The number of urea groups is 1. The SMILES string of the molecule is Cc1ccc(N2C(=O)C3C=[NH+]C4=C(CCCC4)N3C2=O)cc1. The maximum absolute atomic E-state index is 12.8. The summed E-state index contributed by atoms with van der Waals surface area (Å²) in [5, 5.41) is 0. The van der Waals surface area contributed by atoms with Crippen molar-refractivity contribution in [3.8, 4) is 0 Å². The maximum atomic E-state index is 12.8. The third-order valence-corrected chi connectivity index (χ3v) is 4.59. The number of carbonyl (C=O) groups is 2. The van der Waals surface area contributed by atoms with Gasteiger partial charge in [0.05, 0.1) is 11.4 Å². The van der Waals surface area contributed by atoms with Gasteiger partial charge in [0.15, 0.2) is 18.0 Å². The number of imide groups is 1. The van der Waals surface area contributed by atoms with Gasteiger partial charge >= 0.3 is 6.03 Å². The summed E-state index contributed by atoms with van der Waals surface area (Å²) in [4.78, 5) is 31.7. The van der Waals surface area contributed by atoms with Crippen LogP contribution in [0, 0.1) is 6.92 Å². The fourth-order valence-electron chi connectivity index (χ4n) is 3.41. The number of allylic oxidation sites excluding steroid dienone is 2. The number of amides is 3. The molecule has 0 spiro atoms. The number of fused-ring (bicyclic) bond motifs is 2. The van der Waals surface area contributed by atoms with Crippen LogP contribution in [0.4, 0.5) is 10.5 Å². The number of rotatable bonds is 1. The van der Waals surface area contributed by atoms with Crippen LogP contribution in [0.2, 0.25) is 0 Å². The Balaban J connectivity index is 1.75. The van der Waals surface area contributed by atoms with Gasteiger partial charge in [-0.15, -0.1) is 0 Å². The van der Waals surface area contributed by atoms with Gasteiger partial charge in [0.2, 0.25) is 0 Å². The molecule has 2 heterocycles. The fourth-order valence-corrected chi connectivity index (χ4v) is 3.41. The molecule has 5 nitrogen and oxygen atoms in total. The van der Waals surface area contributed by atoms with E-state index in [0.717, 1.165) is 42.6 Å². The van der Waals surface area contributed by atoms with E-state index in [-0.39, 0.29) is 11.9 Å². The number of hydrogen-bond donors (Lipinski definition) is 1. The lowest BCUT2D eigenvalue weighted by Gasteiger charge is -2.26. The minimum atomic E-state index is -0.523. The second-order valence-corrected chi connectivity index (χ2v) is 6.05. The first-order chi connectivity index (χ1) is 10.7. The largest absolute Gasteiger partial charge is 0.337 e. The molecule has 1 aromatic rings. The van der Waals surface area contributed by atoms with Crippen LogP contribution < -0.4 is 9.89 Å². The van der Waals surface area contributed by atoms with Crippen LogP contribution in [-0.2, 0) is 4.79 Å². The lowest BCUT2D eigenvalue weighted by atomic mass is 9.98. The predicted octanol–water partition coefficient (Wildman–Crippen LogP) is 1.08. The van der Waals surface area contributed by atoms with E-state index in [4.69, 9.17) is 0 Å². The Morgan fingerprint density at radius 2 is 1.82 bits per heavy atom. The predicted molar refractivity (Wildman–Crippen MR) is 82.2 cm³/mol. The topological polar surface area (TPSA) is 54.6 Å². The highest BCUT2D eigenvalue weighted by Crippen LogP contribution is 2.33. The van der Waals surface area contributed by atoms with E-state index in [1.165, 1.54) is 4.90 Å². The Hall–Kier alpha value is -2.43. The van der Waals surface area contributed by atoms with Crippen LogP contribution in [-0.4, -0.2) is 29.1 Å². The highest BCUT2D eigenvalue weighted by molar-refractivity contribution is 6.26. The quantitative estimate of drug-likeness (QED) is 0.789. The zero-order valence-electron chi connectivity index (χ0n) is 12.5. The maximum Gasteiger partial charge on any atom is 0.337 e. The zero-order chi connectivity index (χ0) is 15.3. The van der Waals surface area contributed by atoms with Gasteiger partial charge in [-0.05, 0) is 38.3 Å². The van der Waals surface area contributed by atoms with Crippen LogP contribution in [0.1, 0.15) is 31.2 Å². The summed E-state index contributed by atoms with van der Waals surface area (Å²) in [5.74, 6) is -0.182. The Morgan fingerprint density at radius 3 is 2.59 bits per heavy atom. The first-order valence-electron chi connectivity index (χ1n) is 7.72. The third-order valence-electron chi connectivity index (χ3n) is 4.59. The number of benzene rings is 1. The molecule has 1 saturated heterocycles. The summed E-state index contributed by atoms with van der Waals surface area (Å²) in [5.41, 5.74) is 3.83. The van der Waals surface area contributed by atoms with Gasteiger partial charge in [-0.25, -0.2) is 14.7 Å². The van der Waals surface area contributed by atoms with Crippen LogP contribution >= 0.6 is 0 Å². The molecule has 1 aliphatic carbocycles. The van der Waals surface area contributed by atoms with E-state index in [0.29, 0.717) is 5.69 Å². The zero-order valence-corrected chi connectivity index (χ0v) is 12.5. The molecule has 1 N–H and O–H groups in total. The normalized spacial score (nSPS) is 24.0. The van der Waals surface area contributed by atoms with E-state index in [2.05, 4.69) is 4.99 Å². The van der Waals surface area contributed by atoms with Crippen LogP contribution in [0.5, 0.6) is 0 Å². The van der Waals surface area contributed by atoms with Gasteiger partial charge in [0.1, 0.15) is 0 Å². The Labute approximate surface area is 128 Å². The van der Waals surface area contributed by atoms with Crippen molar-refractivity contribution in [3.63, 3.8) is 0 Å². The molecule has 112 valence electrons. The molecule has 22 heavy (non-hydrogen) atoms. The first kappa shape index (κ1) is 13.2.